The molecule has 1 aromatic heterocycles. The van der Waals surface area contributed by atoms with Crippen LogP contribution in [0.4, 0.5) is 23.1 Å². The van der Waals surface area contributed by atoms with E-state index in [0.29, 0.717) is 22.0 Å². The number of benzene rings is 2. The standard InChI is InChI=1S/C14H23NO.C13H15ClN4S/c1-5-15(11-12(3)4)13-8-7-9-14(10-13)16-6-2;1-8(2)19-11-6-4-3-5-10(11)17-12-9(14)7-16-13(15)18-12/h7-10,12H,5-6,11H2,1-4H3;3-8H,1-2H3,(H3,15,16,17,18). The van der Waals surface area contributed by atoms with Crippen LogP contribution in [0.5, 0.6) is 5.75 Å². The van der Waals surface area contributed by atoms with E-state index < -0.39 is 0 Å². The van der Waals surface area contributed by atoms with E-state index in [-0.39, 0.29) is 5.95 Å². The highest BCUT2D eigenvalue weighted by Gasteiger charge is 2.09. The molecule has 0 atom stereocenters. The number of aromatic nitrogens is 2. The van der Waals surface area contributed by atoms with Crippen molar-refractivity contribution in [2.24, 2.45) is 5.92 Å². The summed E-state index contributed by atoms with van der Waals surface area (Å²) in [5.74, 6) is 2.35. The van der Waals surface area contributed by atoms with Gasteiger partial charge in [0.25, 0.3) is 0 Å². The number of hydrogen-bond donors (Lipinski definition) is 2. The molecule has 0 aliphatic carbocycles. The lowest BCUT2D eigenvalue weighted by molar-refractivity contribution is 0.340. The summed E-state index contributed by atoms with van der Waals surface area (Å²) in [6.07, 6.45) is 1.49. The van der Waals surface area contributed by atoms with Gasteiger partial charge >= 0.3 is 0 Å². The number of nitrogens with zero attached hydrogens (tertiary/aromatic N) is 3. The van der Waals surface area contributed by atoms with E-state index in [4.69, 9.17) is 22.1 Å². The summed E-state index contributed by atoms with van der Waals surface area (Å²) in [5, 5.41) is 4.14. The van der Waals surface area contributed by atoms with Gasteiger partial charge in [0.15, 0.2) is 5.82 Å². The van der Waals surface area contributed by atoms with Gasteiger partial charge in [0.1, 0.15) is 10.8 Å². The number of halogens is 1. The van der Waals surface area contributed by atoms with Gasteiger partial charge in [-0.05, 0) is 44.0 Å². The zero-order valence-corrected chi connectivity index (χ0v) is 23.2. The van der Waals surface area contributed by atoms with Crippen molar-refractivity contribution in [2.75, 3.05) is 35.6 Å². The van der Waals surface area contributed by atoms with Crippen LogP contribution in [-0.2, 0) is 0 Å². The van der Waals surface area contributed by atoms with E-state index >= 15 is 0 Å². The highest BCUT2D eigenvalue weighted by Crippen LogP contribution is 2.33. The monoisotopic (exact) mass is 515 g/mol. The summed E-state index contributed by atoms with van der Waals surface area (Å²) in [7, 11) is 0. The molecule has 0 bridgehead atoms. The van der Waals surface area contributed by atoms with Crippen LogP contribution in [0.25, 0.3) is 0 Å². The molecule has 0 radical (unpaired) electrons. The Kier molecular flexibility index (Phi) is 12.0. The number of thioether (sulfide) groups is 1. The molecule has 0 saturated carbocycles. The molecule has 0 unspecified atom stereocenters. The molecule has 35 heavy (non-hydrogen) atoms. The molecule has 0 amide bonds. The average molecular weight is 516 g/mol. The molecule has 6 nitrogen and oxygen atoms in total. The average Bonchev–Trinajstić information content (AvgIpc) is 2.81. The number of rotatable bonds is 10. The van der Waals surface area contributed by atoms with Crippen molar-refractivity contribution in [2.45, 2.75) is 51.7 Å². The van der Waals surface area contributed by atoms with Gasteiger partial charge in [-0.25, -0.2) is 4.98 Å². The van der Waals surface area contributed by atoms with Crippen molar-refractivity contribution in [3.63, 3.8) is 0 Å². The molecule has 3 aromatic rings. The van der Waals surface area contributed by atoms with Crippen molar-refractivity contribution in [1.29, 1.82) is 0 Å². The summed E-state index contributed by atoms with van der Waals surface area (Å²) < 4.78 is 5.52. The fourth-order valence-corrected chi connectivity index (χ4v) is 4.37. The third kappa shape index (κ3) is 9.86. The summed E-state index contributed by atoms with van der Waals surface area (Å²) in [6, 6.07) is 16.4. The minimum atomic E-state index is 0.195. The molecule has 1 heterocycles. The summed E-state index contributed by atoms with van der Waals surface area (Å²) in [6.45, 7) is 15.8. The van der Waals surface area contributed by atoms with Gasteiger partial charge in [0.05, 0.1) is 18.5 Å². The van der Waals surface area contributed by atoms with Crippen molar-refractivity contribution in [3.05, 3.63) is 59.8 Å². The van der Waals surface area contributed by atoms with Crippen LogP contribution in [0.15, 0.2) is 59.6 Å². The first-order valence-corrected chi connectivity index (χ1v) is 13.3. The second-order valence-electron chi connectivity index (χ2n) is 8.58. The molecule has 0 spiro atoms. The van der Waals surface area contributed by atoms with Gasteiger partial charge in [-0.1, -0.05) is 57.5 Å². The summed E-state index contributed by atoms with van der Waals surface area (Å²) >= 11 is 7.83. The minimum Gasteiger partial charge on any atom is -0.494 e. The first kappa shape index (κ1) is 28.6. The second-order valence-corrected chi connectivity index (χ2v) is 10.6. The lowest BCUT2D eigenvalue weighted by Crippen LogP contribution is -2.27. The molecular formula is C27H38ClN5OS. The Hall–Kier alpha value is -2.64. The van der Waals surface area contributed by atoms with Gasteiger partial charge in [-0.2, -0.15) is 4.98 Å². The number of nitrogens with two attached hydrogens (primary N) is 1. The second kappa shape index (κ2) is 14.7. The van der Waals surface area contributed by atoms with Gasteiger partial charge in [-0.3, -0.25) is 0 Å². The Balaban J connectivity index is 0.000000251. The number of ether oxygens (including phenoxy) is 1. The topological polar surface area (TPSA) is 76.3 Å². The van der Waals surface area contributed by atoms with E-state index in [1.54, 1.807) is 11.8 Å². The van der Waals surface area contributed by atoms with E-state index in [0.717, 1.165) is 36.0 Å². The number of hydrogen-bond acceptors (Lipinski definition) is 7. The van der Waals surface area contributed by atoms with E-state index in [2.05, 4.69) is 79.1 Å². The van der Waals surface area contributed by atoms with Gasteiger partial charge < -0.3 is 20.7 Å². The molecular weight excluding hydrogens is 478 g/mol. The first-order valence-electron chi connectivity index (χ1n) is 12.0. The SMILES string of the molecule is CC(C)Sc1ccccc1Nc1nc(N)ncc1Cl.CCOc1cccc(N(CC)CC(C)C)c1. The van der Waals surface area contributed by atoms with Crippen LogP contribution >= 0.6 is 23.4 Å². The van der Waals surface area contributed by atoms with E-state index in [1.165, 1.54) is 11.9 Å². The van der Waals surface area contributed by atoms with Crippen LogP contribution in [0, 0.1) is 5.92 Å². The van der Waals surface area contributed by atoms with Crippen molar-refractivity contribution < 1.29 is 4.74 Å². The number of nitrogens with one attached hydrogen (secondary N) is 1. The number of anilines is 4. The highest BCUT2D eigenvalue weighted by atomic mass is 35.5. The molecule has 8 heteroatoms. The summed E-state index contributed by atoms with van der Waals surface area (Å²) in [4.78, 5) is 11.5. The van der Waals surface area contributed by atoms with Gasteiger partial charge in [0.2, 0.25) is 5.95 Å². The molecule has 2 aromatic carbocycles. The number of nitrogen functional groups attached to an aromatic ring is 1. The normalized spacial score (nSPS) is 10.7. The lowest BCUT2D eigenvalue weighted by Gasteiger charge is -2.25. The zero-order chi connectivity index (χ0) is 25.8. The first-order chi connectivity index (χ1) is 16.7. The smallest absolute Gasteiger partial charge is 0.222 e. The largest absolute Gasteiger partial charge is 0.494 e. The third-order valence-corrected chi connectivity index (χ3v) is 6.08. The number of para-hydroxylation sites is 1. The predicted octanol–water partition coefficient (Wildman–Crippen LogP) is 7.52. The van der Waals surface area contributed by atoms with Gasteiger partial charge in [-0.15, -0.1) is 11.8 Å². The Labute approximate surface area is 219 Å². The van der Waals surface area contributed by atoms with Crippen LogP contribution in [0.1, 0.15) is 41.5 Å². The molecule has 3 N–H and O–H groups in total. The molecule has 0 saturated heterocycles. The van der Waals surface area contributed by atoms with E-state index in [9.17, 15) is 0 Å². The van der Waals surface area contributed by atoms with Crippen LogP contribution < -0.4 is 20.7 Å². The molecule has 0 aliphatic rings. The van der Waals surface area contributed by atoms with Crippen molar-refractivity contribution in [1.82, 2.24) is 9.97 Å². The quantitative estimate of drug-likeness (QED) is 0.270. The van der Waals surface area contributed by atoms with E-state index in [1.807, 2.05) is 31.2 Å². The Morgan fingerprint density at radius 1 is 1.09 bits per heavy atom. The highest BCUT2D eigenvalue weighted by molar-refractivity contribution is 8.00. The fraction of sp³-hybridized carbons (Fsp3) is 0.407. The maximum absolute atomic E-state index is 6.05. The maximum Gasteiger partial charge on any atom is 0.222 e. The van der Waals surface area contributed by atoms with Gasteiger partial charge in [0, 0.05) is 35.0 Å². The third-order valence-electron chi connectivity index (χ3n) is 4.73. The Bertz CT molecular complexity index is 1050. The fourth-order valence-electron chi connectivity index (χ4n) is 3.32. The van der Waals surface area contributed by atoms with Crippen molar-refractivity contribution in [3.8, 4) is 5.75 Å². The zero-order valence-electron chi connectivity index (χ0n) is 21.6. The molecule has 0 aliphatic heterocycles. The Morgan fingerprint density at radius 2 is 1.83 bits per heavy atom. The van der Waals surface area contributed by atoms with Crippen LogP contribution in [0.2, 0.25) is 5.02 Å². The van der Waals surface area contributed by atoms with Crippen molar-refractivity contribution >= 4 is 46.5 Å². The van der Waals surface area contributed by atoms with Crippen LogP contribution in [0.3, 0.4) is 0 Å². The lowest BCUT2D eigenvalue weighted by atomic mass is 10.2. The maximum atomic E-state index is 6.05. The molecule has 190 valence electrons. The Morgan fingerprint density at radius 3 is 2.49 bits per heavy atom. The van der Waals surface area contributed by atoms with Crippen LogP contribution in [-0.4, -0.2) is 34.9 Å². The minimum absolute atomic E-state index is 0.195. The summed E-state index contributed by atoms with van der Waals surface area (Å²) in [5.41, 5.74) is 7.79. The predicted molar refractivity (Wildman–Crippen MR) is 153 cm³/mol. The molecule has 3 rings (SSSR count). The molecule has 0 fully saturated rings.